The highest BCUT2D eigenvalue weighted by Crippen LogP contribution is 2.24. The normalized spacial score (nSPS) is 17.3. The van der Waals surface area contributed by atoms with E-state index in [1.165, 1.54) is 0 Å². The maximum absolute atomic E-state index is 11.8. The Balaban J connectivity index is 2.36. The van der Waals surface area contributed by atoms with Gasteiger partial charge >= 0.3 is 0 Å². The molecule has 0 spiro atoms. The summed E-state index contributed by atoms with van der Waals surface area (Å²) >= 11 is 0. The number of nitrogens with one attached hydrogen (secondary N) is 1. The summed E-state index contributed by atoms with van der Waals surface area (Å²) < 4.78 is 30.9. The maximum Gasteiger partial charge on any atom is 0.246 e. The smallest absolute Gasteiger partial charge is 0.246 e. The zero-order valence-electron chi connectivity index (χ0n) is 8.07. The fraction of sp³-hybridized carbons (Fsp3) is 0.625. The summed E-state index contributed by atoms with van der Waals surface area (Å²) in [4.78, 5) is 0.185. The molecule has 0 bridgehead atoms. The monoisotopic (exact) mass is 216 g/mol. The Labute approximate surface area is 82.5 Å². The number of rotatable bonds is 3. The van der Waals surface area contributed by atoms with Gasteiger partial charge in [0.2, 0.25) is 10.0 Å². The average molecular weight is 216 g/mol. The fourth-order valence-electron chi connectivity index (χ4n) is 1.34. The second-order valence-corrected chi connectivity index (χ2v) is 5.20. The van der Waals surface area contributed by atoms with E-state index >= 15 is 0 Å². The van der Waals surface area contributed by atoms with Crippen molar-refractivity contribution < 1.29 is 12.9 Å². The van der Waals surface area contributed by atoms with Gasteiger partial charge in [-0.1, -0.05) is 5.16 Å². The number of sulfonamides is 1. The molecule has 1 saturated carbocycles. The highest BCUT2D eigenvalue weighted by atomic mass is 32.2. The molecule has 0 unspecified atom stereocenters. The molecule has 1 aliphatic rings. The van der Waals surface area contributed by atoms with Gasteiger partial charge in [-0.2, -0.15) is 0 Å². The first kappa shape index (κ1) is 9.67. The summed E-state index contributed by atoms with van der Waals surface area (Å²) in [6.45, 7) is 3.22. The van der Waals surface area contributed by atoms with Crippen LogP contribution in [0.5, 0.6) is 0 Å². The Morgan fingerprint density at radius 1 is 1.43 bits per heavy atom. The predicted molar refractivity (Wildman–Crippen MR) is 49.3 cm³/mol. The van der Waals surface area contributed by atoms with Gasteiger partial charge < -0.3 is 4.52 Å². The molecule has 1 heterocycles. The average Bonchev–Trinajstić information content (AvgIpc) is 2.77. The number of hydrogen-bond donors (Lipinski definition) is 1. The summed E-state index contributed by atoms with van der Waals surface area (Å²) in [6, 6.07) is 0.105. The molecule has 1 aromatic rings. The molecule has 0 radical (unpaired) electrons. The van der Waals surface area contributed by atoms with Crippen LogP contribution in [0.2, 0.25) is 0 Å². The van der Waals surface area contributed by atoms with Crippen molar-refractivity contribution in [1.82, 2.24) is 9.88 Å². The van der Waals surface area contributed by atoms with Crippen LogP contribution in [0, 0.1) is 13.8 Å². The van der Waals surface area contributed by atoms with Crippen molar-refractivity contribution in [3.05, 3.63) is 11.5 Å². The summed E-state index contributed by atoms with van der Waals surface area (Å²) in [6.07, 6.45) is 1.84. The number of hydrogen-bond acceptors (Lipinski definition) is 4. The van der Waals surface area contributed by atoms with Crippen molar-refractivity contribution in [2.24, 2.45) is 0 Å². The van der Waals surface area contributed by atoms with E-state index in [9.17, 15) is 8.42 Å². The Morgan fingerprint density at radius 3 is 2.50 bits per heavy atom. The van der Waals surface area contributed by atoms with Crippen LogP contribution in [-0.2, 0) is 10.0 Å². The standard InChI is InChI=1S/C8H12N2O3S/c1-5-8(6(2)13-9-5)14(11,12)10-7-3-4-7/h7,10H,3-4H2,1-2H3. The molecule has 0 atom stereocenters. The van der Waals surface area contributed by atoms with Gasteiger partial charge in [0.1, 0.15) is 10.6 Å². The van der Waals surface area contributed by atoms with Gasteiger partial charge in [-0.15, -0.1) is 0 Å². The van der Waals surface area contributed by atoms with Crippen molar-refractivity contribution in [2.45, 2.75) is 37.6 Å². The van der Waals surface area contributed by atoms with Crippen molar-refractivity contribution in [1.29, 1.82) is 0 Å². The highest BCUT2D eigenvalue weighted by Gasteiger charge is 2.31. The van der Waals surface area contributed by atoms with Gasteiger partial charge in [0.05, 0.1) is 0 Å². The highest BCUT2D eigenvalue weighted by molar-refractivity contribution is 7.89. The number of nitrogens with zero attached hydrogens (tertiary/aromatic N) is 1. The Hall–Kier alpha value is -0.880. The van der Waals surface area contributed by atoms with Crippen molar-refractivity contribution in [2.75, 3.05) is 0 Å². The molecular weight excluding hydrogens is 204 g/mol. The quantitative estimate of drug-likeness (QED) is 0.808. The van der Waals surface area contributed by atoms with E-state index in [0.717, 1.165) is 12.8 Å². The van der Waals surface area contributed by atoms with Crippen LogP contribution >= 0.6 is 0 Å². The van der Waals surface area contributed by atoms with Crippen molar-refractivity contribution in [3.63, 3.8) is 0 Å². The Kier molecular flexibility index (Phi) is 2.11. The maximum atomic E-state index is 11.8. The minimum absolute atomic E-state index is 0.105. The van der Waals surface area contributed by atoms with E-state index in [0.29, 0.717) is 11.5 Å². The van der Waals surface area contributed by atoms with Crippen LogP contribution in [0.3, 0.4) is 0 Å². The summed E-state index contributed by atoms with van der Waals surface area (Å²) in [5, 5.41) is 3.62. The molecule has 14 heavy (non-hydrogen) atoms. The number of aryl methyl sites for hydroxylation is 2. The summed E-state index contributed by atoms with van der Waals surface area (Å²) in [5.41, 5.74) is 0.413. The largest absolute Gasteiger partial charge is 0.360 e. The predicted octanol–water partition coefficient (Wildman–Crippen LogP) is 0.732. The Morgan fingerprint density at radius 2 is 2.07 bits per heavy atom. The van der Waals surface area contributed by atoms with Crippen LogP contribution in [-0.4, -0.2) is 19.6 Å². The van der Waals surface area contributed by atoms with Gasteiger partial charge in [0.25, 0.3) is 0 Å². The molecule has 78 valence electrons. The lowest BCUT2D eigenvalue weighted by Gasteiger charge is -2.03. The second kappa shape index (κ2) is 3.06. The first-order valence-corrected chi connectivity index (χ1v) is 5.94. The lowest BCUT2D eigenvalue weighted by Crippen LogP contribution is -2.26. The lowest BCUT2D eigenvalue weighted by molar-refractivity contribution is 0.390. The van der Waals surface area contributed by atoms with E-state index in [1.54, 1.807) is 13.8 Å². The molecule has 1 aliphatic carbocycles. The molecule has 1 aromatic heterocycles. The van der Waals surface area contributed by atoms with E-state index in [4.69, 9.17) is 4.52 Å². The zero-order chi connectivity index (χ0) is 10.3. The zero-order valence-corrected chi connectivity index (χ0v) is 8.89. The fourth-order valence-corrected chi connectivity index (χ4v) is 2.97. The SMILES string of the molecule is Cc1noc(C)c1S(=O)(=O)NC1CC1. The summed E-state index contributed by atoms with van der Waals surface area (Å²) in [7, 11) is -3.42. The molecular formula is C8H12N2O3S. The van der Waals surface area contributed by atoms with E-state index in [-0.39, 0.29) is 10.9 Å². The third-order valence-electron chi connectivity index (χ3n) is 2.14. The van der Waals surface area contributed by atoms with Crippen LogP contribution < -0.4 is 4.72 Å². The van der Waals surface area contributed by atoms with Crippen molar-refractivity contribution in [3.8, 4) is 0 Å². The van der Waals surface area contributed by atoms with Crippen LogP contribution in [0.4, 0.5) is 0 Å². The van der Waals surface area contributed by atoms with Gasteiger partial charge in [0.15, 0.2) is 5.76 Å². The number of aromatic nitrogens is 1. The second-order valence-electron chi connectivity index (χ2n) is 3.55. The van der Waals surface area contributed by atoms with Crippen molar-refractivity contribution >= 4 is 10.0 Å². The van der Waals surface area contributed by atoms with E-state index in [2.05, 4.69) is 9.88 Å². The molecule has 0 aromatic carbocycles. The molecule has 1 N–H and O–H groups in total. The molecule has 0 amide bonds. The van der Waals surface area contributed by atoms with Crippen LogP contribution in [0.1, 0.15) is 24.3 Å². The van der Waals surface area contributed by atoms with E-state index in [1.807, 2.05) is 0 Å². The van der Waals surface area contributed by atoms with Crippen LogP contribution in [0.25, 0.3) is 0 Å². The summed E-state index contributed by atoms with van der Waals surface area (Å²) in [5.74, 6) is 0.343. The van der Waals surface area contributed by atoms with Gasteiger partial charge in [-0.25, -0.2) is 13.1 Å². The molecule has 0 aliphatic heterocycles. The van der Waals surface area contributed by atoms with Gasteiger partial charge in [0, 0.05) is 6.04 Å². The molecule has 6 heteroatoms. The molecule has 5 nitrogen and oxygen atoms in total. The first-order valence-electron chi connectivity index (χ1n) is 4.46. The third kappa shape index (κ3) is 1.67. The third-order valence-corrected chi connectivity index (χ3v) is 3.90. The molecule has 2 rings (SSSR count). The molecule has 0 saturated heterocycles. The first-order chi connectivity index (χ1) is 6.50. The van der Waals surface area contributed by atoms with Crippen LogP contribution in [0.15, 0.2) is 9.42 Å². The minimum Gasteiger partial charge on any atom is -0.360 e. The minimum atomic E-state index is -3.42. The molecule has 1 fully saturated rings. The van der Waals surface area contributed by atoms with E-state index < -0.39 is 10.0 Å². The van der Waals surface area contributed by atoms with Gasteiger partial charge in [-0.05, 0) is 26.7 Å². The topological polar surface area (TPSA) is 72.2 Å². The van der Waals surface area contributed by atoms with Gasteiger partial charge in [-0.3, -0.25) is 0 Å². The lowest BCUT2D eigenvalue weighted by atomic mass is 10.4. The Bertz CT molecular complexity index is 426.